The summed E-state index contributed by atoms with van der Waals surface area (Å²) in [4.78, 5) is 11.2. The van der Waals surface area contributed by atoms with Gasteiger partial charge in [-0.25, -0.2) is 4.79 Å². The first kappa shape index (κ1) is 11.5. The van der Waals surface area contributed by atoms with Gasteiger partial charge in [0.05, 0.1) is 7.11 Å². The van der Waals surface area contributed by atoms with Gasteiger partial charge in [0.15, 0.2) is 0 Å². The minimum absolute atomic E-state index is 0.0495. The third-order valence-electron chi connectivity index (χ3n) is 3.94. The van der Waals surface area contributed by atoms with Crippen molar-refractivity contribution in [2.75, 3.05) is 7.11 Å². The zero-order valence-electron chi connectivity index (χ0n) is 10.1. The van der Waals surface area contributed by atoms with Crippen LogP contribution in [-0.2, 0) is 9.47 Å². The van der Waals surface area contributed by atoms with Gasteiger partial charge in [-0.2, -0.15) is 0 Å². The molecule has 0 amide bonds. The third kappa shape index (κ3) is 2.08. The van der Waals surface area contributed by atoms with E-state index in [1.54, 1.807) is 0 Å². The number of carbonyl (C=O) groups is 1. The van der Waals surface area contributed by atoms with Gasteiger partial charge in [-0.3, -0.25) is 0 Å². The molecule has 2 aliphatic carbocycles. The van der Waals surface area contributed by atoms with Crippen molar-refractivity contribution < 1.29 is 14.3 Å². The van der Waals surface area contributed by atoms with Gasteiger partial charge in [0.25, 0.3) is 0 Å². The lowest BCUT2D eigenvalue weighted by molar-refractivity contribution is 0.0257. The molecular weight excluding hydrogens is 204 g/mol. The maximum atomic E-state index is 11.2. The summed E-state index contributed by atoms with van der Waals surface area (Å²) in [6.07, 6.45) is 8.56. The predicted molar refractivity (Wildman–Crippen MR) is 61.2 cm³/mol. The summed E-state index contributed by atoms with van der Waals surface area (Å²) in [5, 5.41) is 0. The molecule has 0 bridgehead atoms. The third-order valence-corrected chi connectivity index (χ3v) is 3.94. The van der Waals surface area contributed by atoms with Crippen molar-refractivity contribution in [3.8, 4) is 0 Å². The molecule has 90 valence electrons. The highest BCUT2D eigenvalue weighted by Crippen LogP contribution is 2.48. The fourth-order valence-corrected chi connectivity index (χ4v) is 3.05. The summed E-state index contributed by atoms with van der Waals surface area (Å²) in [7, 11) is 1.36. The molecule has 0 aromatic rings. The highest BCUT2D eigenvalue weighted by molar-refractivity contribution is 5.60. The van der Waals surface area contributed by atoms with E-state index in [1.807, 2.05) is 0 Å². The summed E-state index contributed by atoms with van der Waals surface area (Å²) in [5.41, 5.74) is 1.59. The van der Waals surface area contributed by atoms with Gasteiger partial charge in [0.2, 0.25) is 0 Å². The average Bonchev–Trinajstić information content (AvgIpc) is 2.28. The molecular formula is C13H20O3. The first-order valence-corrected chi connectivity index (χ1v) is 6.11. The number of carbonyl (C=O) groups excluding carboxylic acids is 1. The number of ether oxygens (including phenoxy) is 2. The Hall–Kier alpha value is -0.990. The van der Waals surface area contributed by atoms with Crippen molar-refractivity contribution in [1.82, 2.24) is 0 Å². The molecule has 1 unspecified atom stereocenters. The Morgan fingerprint density at radius 2 is 2.19 bits per heavy atom. The molecule has 16 heavy (non-hydrogen) atoms. The highest BCUT2D eigenvalue weighted by Gasteiger charge is 2.39. The van der Waals surface area contributed by atoms with E-state index in [4.69, 9.17) is 4.74 Å². The van der Waals surface area contributed by atoms with Gasteiger partial charge >= 0.3 is 6.16 Å². The summed E-state index contributed by atoms with van der Waals surface area (Å²) in [5.74, 6) is 0. The van der Waals surface area contributed by atoms with Crippen LogP contribution in [-0.4, -0.2) is 19.4 Å². The molecule has 1 fully saturated rings. The molecule has 3 heteroatoms. The Labute approximate surface area is 96.8 Å². The van der Waals surface area contributed by atoms with E-state index < -0.39 is 6.16 Å². The number of fused-ring (bicyclic) bond motifs is 1. The molecule has 0 N–H and O–H groups in total. The number of allylic oxidation sites excluding steroid dienone is 1. The lowest BCUT2D eigenvalue weighted by Gasteiger charge is -2.42. The topological polar surface area (TPSA) is 35.5 Å². The SMILES string of the molecule is COC(=O)OC1CCC[C@@]2(C)CCCC=C12. The summed E-state index contributed by atoms with van der Waals surface area (Å²) < 4.78 is 9.92. The molecule has 0 heterocycles. The first-order valence-electron chi connectivity index (χ1n) is 6.11. The standard InChI is InChI=1S/C13H20O3/c1-13-8-4-3-6-10(13)11(7-5-9-13)16-12(14)15-2/h6,11H,3-5,7-9H2,1-2H3/t11?,13-/m1/s1. The van der Waals surface area contributed by atoms with Crippen LogP contribution in [0.4, 0.5) is 4.79 Å². The lowest BCUT2D eigenvalue weighted by atomic mass is 9.65. The van der Waals surface area contributed by atoms with Crippen LogP contribution >= 0.6 is 0 Å². The Kier molecular flexibility index (Phi) is 3.22. The van der Waals surface area contributed by atoms with Crippen LogP contribution < -0.4 is 0 Å². The van der Waals surface area contributed by atoms with E-state index >= 15 is 0 Å². The maximum absolute atomic E-state index is 11.2. The quantitative estimate of drug-likeness (QED) is 0.505. The largest absolute Gasteiger partial charge is 0.508 e. The summed E-state index contributed by atoms with van der Waals surface area (Å²) in [6.45, 7) is 2.30. The summed E-state index contributed by atoms with van der Waals surface area (Å²) >= 11 is 0. The molecule has 0 radical (unpaired) electrons. The van der Waals surface area contributed by atoms with Crippen molar-refractivity contribution in [2.24, 2.45) is 5.41 Å². The van der Waals surface area contributed by atoms with Crippen LogP contribution in [0.15, 0.2) is 11.6 Å². The zero-order chi connectivity index (χ0) is 11.6. The van der Waals surface area contributed by atoms with Crippen molar-refractivity contribution in [3.05, 3.63) is 11.6 Å². The van der Waals surface area contributed by atoms with E-state index in [2.05, 4.69) is 17.7 Å². The fraction of sp³-hybridized carbons (Fsp3) is 0.769. The van der Waals surface area contributed by atoms with Gasteiger partial charge in [0.1, 0.15) is 6.10 Å². The molecule has 2 atom stereocenters. The second-order valence-electron chi connectivity index (χ2n) is 5.07. The van der Waals surface area contributed by atoms with Gasteiger partial charge in [-0.15, -0.1) is 0 Å². The fourth-order valence-electron chi connectivity index (χ4n) is 3.05. The van der Waals surface area contributed by atoms with Crippen LogP contribution in [0.5, 0.6) is 0 Å². The number of methoxy groups -OCH3 is 1. The van der Waals surface area contributed by atoms with Gasteiger partial charge < -0.3 is 9.47 Å². The highest BCUT2D eigenvalue weighted by atomic mass is 16.7. The lowest BCUT2D eigenvalue weighted by Crippen LogP contribution is -2.36. The summed E-state index contributed by atoms with van der Waals surface area (Å²) in [6, 6.07) is 0. The van der Waals surface area contributed by atoms with Crippen molar-refractivity contribution in [3.63, 3.8) is 0 Å². The molecule has 2 aliphatic rings. The van der Waals surface area contributed by atoms with E-state index in [0.717, 1.165) is 19.3 Å². The van der Waals surface area contributed by atoms with Crippen molar-refractivity contribution in [1.29, 1.82) is 0 Å². The second-order valence-corrected chi connectivity index (χ2v) is 5.07. The van der Waals surface area contributed by atoms with Gasteiger partial charge in [-0.05, 0) is 49.5 Å². The molecule has 2 rings (SSSR count). The maximum Gasteiger partial charge on any atom is 0.508 e. The number of hydrogen-bond donors (Lipinski definition) is 0. The van der Waals surface area contributed by atoms with Crippen LogP contribution in [0.3, 0.4) is 0 Å². The van der Waals surface area contributed by atoms with Crippen LogP contribution in [0.25, 0.3) is 0 Å². The van der Waals surface area contributed by atoms with Crippen molar-refractivity contribution in [2.45, 2.75) is 51.6 Å². The van der Waals surface area contributed by atoms with Gasteiger partial charge in [0, 0.05) is 0 Å². The van der Waals surface area contributed by atoms with Gasteiger partial charge in [-0.1, -0.05) is 13.0 Å². The Balaban J connectivity index is 2.13. The van der Waals surface area contributed by atoms with E-state index in [0.29, 0.717) is 0 Å². The van der Waals surface area contributed by atoms with E-state index in [9.17, 15) is 4.79 Å². The van der Waals surface area contributed by atoms with E-state index in [-0.39, 0.29) is 11.5 Å². The van der Waals surface area contributed by atoms with Crippen LogP contribution in [0.2, 0.25) is 0 Å². The zero-order valence-corrected chi connectivity index (χ0v) is 10.1. The van der Waals surface area contributed by atoms with E-state index in [1.165, 1.54) is 31.9 Å². The molecule has 0 aromatic heterocycles. The normalized spacial score (nSPS) is 33.6. The Bertz CT molecular complexity index is 308. The van der Waals surface area contributed by atoms with Crippen LogP contribution in [0.1, 0.15) is 45.4 Å². The van der Waals surface area contributed by atoms with Crippen molar-refractivity contribution >= 4 is 6.16 Å². The molecule has 0 aromatic carbocycles. The molecule has 0 aliphatic heterocycles. The molecule has 0 spiro atoms. The molecule has 3 nitrogen and oxygen atoms in total. The Morgan fingerprint density at radius 3 is 2.94 bits per heavy atom. The number of hydrogen-bond acceptors (Lipinski definition) is 3. The molecule has 0 saturated heterocycles. The number of rotatable bonds is 1. The average molecular weight is 224 g/mol. The Morgan fingerprint density at radius 1 is 1.44 bits per heavy atom. The predicted octanol–water partition coefficient (Wildman–Crippen LogP) is 3.44. The first-order chi connectivity index (χ1) is 7.65. The second kappa shape index (κ2) is 4.48. The minimum Gasteiger partial charge on any atom is -0.438 e. The monoisotopic (exact) mass is 224 g/mol. The molecule has 1 saturated carbocycles. The van der Waals surface area contributed by atoms with Crippen LogP contribution in [0, 0.1) is 5.41 Å². The smallest absolute Gasteiger partial charge is 0.438 e. The minimum atomic E-state index is -0.555.